The Hall–Kier alpha value is -2.30. The highest BCUT2D eigenvalue weighted by Crippen LogP contribution is 2.31. The fourth-order valence-corrected chi connectivity index (χ4v) is 5.79. The van der Waals surface area contributed by atoms with Crippen molar-refractivity contribution in [2.75, 3.05) is 0 Å². The predicted molar refractivity (Wildman–Crippen MR) is 133 cm³/mol. The van der Waals surface area contributed by atoms with Crippen LogP contribution in [-0.4, -0.2) is 27.0 Å². The first-order chi connectivity index (χ1) is 15.4. The summed E-state index contributed by atoms with van der Waals surface area (Å²) >= 11 is 8.27. The fraction of sp³-hybridized carbons (Fsp3) is 0.273. The molecule has 2 aromatic carbocycles. The van der Waals surface area contributed by atoms with Crippen molar-refractivity contribution in [1.29, 1.82) is 0 Å². The van der Waals surface area contributed by atoms with Crippen molar-refractivity contribution in [3.8, 4) is 17.0 Å². The molecule has 10 heteroatoms. The summed E-state index contributed by atoms with van der Waals surface area (Å²) in [5.74, 6) is 0.0930. The first-order valence-corrected chi connectivity index (χ1v) is 12.6. The van der Waals surface area contributed by atoms with Crippen LogP contribution < -0.4 is 4.80 Å². The van der Waals surface area contributed by atoms with Gasteiger partial charge in [-0.05, 0) is 53.0 Å². The average Bonchev–Trinajstić information content (AvgIpc) is 3.18. The molecule has 1 heterocycles. The molecule has 0 saturated heterocycles. The van der Waals surface area contributed by atoms with Crippen molar-refractivity contribution in [3.63, 3.8) is 0 Å². The minimum absolute atomic E-state index is 0.0371. The van der Waals surface area contributed by atoms with Gasteiger partial charge in [-0.3, -0.25) is 15.1 Å². The molecule has 3 aromatic rings. The molecule has 1 saturated carbocycles. The van der Waals surface area contributed by atoms with Crippen LogP contribution in [0.1, 0.15) is 37.7 Å². The summed E-state index contributed by atoms with van der Waals surface area (Å²) in [7, 11) is 0. The normalized spacial score (nSPS) is 15.5. The van der Waals surface area contributed by atoms with Gasteiger partial charge in [-0.2, -0.15) is 5.10 Å². The number of nitro groups is 1. The van der Waals surface area contributed by atoms with E-state index >= 15 is 0 Å². The molecule has 0 aliphatic heterocycles. The lowest BCUT2D eigenvalue weighted by Crippen LogP contribution is -2.19. The van der Waals surface area contributed by atoms with E-state index in [1.54, 1.807) is 35.2 Å². The zero-order valence-electron chi connectivity index (χ0n) is 16.9. The SMILES string of the molecule is O=[N+]([O-])c1ccc(-c2csc(=NC3CCCCC3)n2N=Cc2cc(Br)cc(Br)c2O)cc1. The van der Waals surface area contributed by atoms with E-state index in [2.05, 4.69) is 37.0 Å². The quantitative estimate of drug-likeness (QED) is 0.213. The third-order valence-corrected chi connectivity index (χ3v) is 7.19. The number of hydrogen-bond acceptors (Lipinski definition) is 6. The Morgan fingerprint density at radius 1 is 1.16 bits per heavy atom. The highest BCUT2D eigenvalue weighted by atomic mass is 79.9. The number of nitro benzene ring substituents is 1. The molecule has 0 radical (unpaired) electrons. The third kappa shape index (κ3) is 5.19. The zero-order chi connectivity index (χ0) is 22.7. The first-order valence-electron chi connectivity index (χ1n) is 10.1. The second-order valence-electron chi connectivity index (χ2n) is 7.51. The van der Waals surface area contributed by atoms with Gasteiger partial charge < -0.3 is 5.11 Å². The van der Waals surface area contributed by atoms with E-state index in [1.807, 2.05) is 5.38 Å². The maximum atomic E-state index is 11.0. The smallest absolute Gasteiger partial charge is 0.269 e. The van der Waals surface area contributed by atoms with Crippen LogP contribution in [0.5, 0.6) is 5.75 Å². The minimum atomic E-state index is -0.415. The number of aromatic nitrogens is 1. The van der Waals surface area contributed by atoms with E-state index in [1.165, 1.54) is 42.7 Å². The number of phenolic OH excluding ortho intramolecular Hbond substituents is 1. The number of benzene rings is 2. The Labute approximate surface area is 205 Å². The van der Waals surface area contributed by atoms with Crippen molar-refractivity contribution in [2.45, 2.75) is 38.1 Å². The van der Waals surface area contributed by atoms with Gasteiger partial charge in [-0.25, -0.2) is 4.68 Å². The molecule has 0 unspecified atom stereocenters. The molecule has 166 valence electrons. The number of phenols is 1. The fourth-order valence-electron chi connectivity index (χ4n) is 3.62. The number of thiazole rings is 1. The summed E-state index contributed by atoms with van der Waals surface area (Å²) < 4.78 is 3.11. The molecular formula is C22H20Br2N4O3S. The van der Waals surface area contributed by atoms with Gasteiger partial charge in [0.1, 0.15) is 5.75 Å². The average molecular weight is 580 g/mol. The van der Waals surface area contributed by atoms with E-state index in [4.69, 9.17) is 4.99 Å². The van der Waals surface area contributed by atoms with Gasteiger partial charge in [0.05, 0.1) is 27.3 Å². The van der Waals surface area contributed by atoms with Crippen LogP contribution in [0, 0.1) is 10.1 Å². The number of non-ortho nitro benzene ring substituents is 1. The van der Waals surface area contributed by atoms with Crippen molar-refractivity contribution in [3.05, 3.63) is 71.2 Å². The van der Waals surface area contributed by atoms with E-state index < -0.39 is 4.92 Å². The first kappa shape index (κ1) is 22.9. The van der Waals surface area contributed by atoms with Gasteiger partial charge in [0, 0.05) is 33.1 Å². The summed E-state index contributed by atoms with van der Waals surface area (Å²) in [4.78, 5) is 16.3. The van der Waals surface area contributed by atoms with Crippen LogP contribution in [0.15, 0.2) is 60.8 Å². The zero-order valence-corrected chi connectivity index (χ0v) is 20.9. The molecule has 4 rings (SSSR count). The van der Waals surface area contributed by atoms with Crippen LogP contribution in [0.25, 0.3) is 11.3 Å². The summed E-state index contributed by atoms with van der Waals surface area (Å²) in [5.41, 5.74) is 2.16. The molecule has 0 amide bonds. The summed E-state index contributed by atoms with van der Waals surface area (Å²) in [6, 6.07) is 10.2. The monoisotopic (exact) mass is 578 g/mol. The van der Waals surface area contributed by atoms with Gasteiger partial charge >= 0.3 is 0 Å². The summed E-state index contributed by atoms with van der Waals surface area (Å²) in [5, 5.41) is 28.0. The van der Waals surface area contributed by atoms with E-state index in [-0.39, 0.29) is 17.5 Å². The lowest BCUT2D eigenvalue weighted by atomic mass is 9.96. The largest absolute Gasteiger partial charge is 0.506 e. The van der Waals surface area contributed by atoms with Crippen molar-refractivity contribution >= 4 is 55.1 Å². The topological polar surface area (TPSA) is 93.0 Å². The number of nitrogens with zero attached hydrogens (tertiary/aromatic N) is 4. The highest BCUT2D eigenvalue weighted by Gasteiger charge is 2.15. The Bertz CT molecular complexity index is 1230. The lowest BCUT2D eigenvalue weighted by Gasteiger charge is -2.16. The van der Waals surface area contributed by atoms with Gasteiger partial charge in [-0.15, -0.1) is 11.3 Å². The number of rotatable bonds is 5. The second kappa shape index (κ2) is 10.1. The summed E-state index contributed by atoms with van der Waals surface area (Å²) in [6.45, 7) is 0. The van der Waals surface area contributed by atoms with Crippen LogP contribution in [0.2, 0.25) is 0 Å². The highest BCUT2D eigenvalue weighted by molar-refractivity contribution is 9.11. The molecule has 1 aromatic heterocycles. The molecule has 1 aliphatic rings. The standard InChI is InChI=1S/C22H20Br2N4O3S/c23-16-10-15(21(29)19(24)11-16)12-25-27-20(14-6-8-18(9-7-14)28(30)31)13-32-22(27)26-17-4-2-1-3-5-17/h6-13,17,29H,1-5H2. The second-order valence-corrected chi connectivity index (χ2v) is 10.1. The van der Waals surface area contributed by atoms with Gasteiger partial charge in [-0.1, -0.05) is 35.2 Å². The number of hydrogen-bond donors (Lipinski definition) is 1. The Balaban J connectivity index is 1.79. The number of halogens is 2. The lowest BCUT2D eigenvalue weighted by molar-refractivity contribution is -0.384. The van der Waals surface area contributed by atoms with Crippen molar-refractivity contribution in [2.24, 2.45) is 10.1 Å². The maximum Gasteiger partial charge on any atom is 0.269 e. The van der Waals surface area contributed by atoms with Crippen molar-refractivity contribution < 1.29 is 10.0 Å². The maximum absolute atomic E-state index is 11.0. The molecule has 0 spiro atoms. The van der Waals surface area contributed by atoms with Gasteiger partial charge in [0.25, 0.3) is 5.69 Å². The molecule has 1 aliphatic carbocycles. The van der Waals surface area contributed by atoms with Crippen LogP contribution >= 0.6 is 43.2 Å². The Kier molecular flexibility index (Phi) is 7.22. The Morgan fingerprint density at radius 2 is 1.88 bits per heavy atom. The van der Waals surface area contributed by atoms with E-state index in [0.29, 0.717) is 10.0 Å². The molecule has 0 bridgehead atoms. The third-order valence-electron chi connectivity index (χ3n) is 5.30. The van der Waals surface area contributed by atoms with E-state index in [9.17, 15) is 15.2 Å². The van der Waals surface area contributed by atoms with Crippen LogP contribution in [-0.2, 0) is 0 Å². The molecule has 1 fully saturated rings. The molecule has 32 heavy (non-hydrogen) atoms. The minimum Gasteiger partial charge on any atom is -0.506 e. The van der Waals surface area contributed by atoms with E-state index in [0.717, 1.165) is 33.4 Å². The molecular weight excluding hydrogens is 560 g/mol. The van der Waals surface area contributed by atoms with Gasteiger partial charge in [0.15, 0.2) is 0 Å². The van der Waals surface area contributed by atoms with Crippen molar-refractivity contribution in [1.82, 2.24) is 4.68 Å². The molecule has 1 N–H and O–H groups in total. The number of aromatic hydroxyl groups is 1. The van der Waals surface area contributed by atoms with Gasteiger partial charge in [0.2, 0.25) is 4.80 Å². The van der Waals surface area contributed by atoms with Crippen LogP contribution in [0.3, 0.4) is 0 Å². The molecule has 7 nitrogen and oxygen atoms in total. The molecule has 0 atom stereocenters. The summed E-state index contributed by atoms with van der Waals surface area (Å²) in [6.07, 6.45) is 7.32. The predicted octanol–water partition coefficient (Wildman–Crippen LogP) is 6.47. The Morgan fingerprint density at radius 3 is 2.56 bits per heavy atom. The van der Waals surface area contributed by atoms with Crippen LogP contribution in [0.4, 0.5) is 5.69 Å².